The first-order valence-electron chi connectivity index (χ1n) is 19.6. The van der Waals surface area contributed by atoms with Crippen LogP contribution in [0.25, 0.3) is 0 Å². The molecule has 6 aliphatic rings. The van der Waals surface area contributed by atoms with Crippen molar-refractivity contribution in [3.05, 3.63) is 35.5 Å². The maximum absolute atomic E-state index is 13.0. The van der Waals surface area contributed by atoms with Crippen LogP contribution in [0.5, 0.6) is 0 Å². The average molecular weight is 749 g/mol. The summed E-state index contributed by atoms with van der Waals surface area (Å²) in [4.78, 5) is 13.0. The van der Waals surface area contributed by atoms with Gasteiger partial charge in [-0.25, -0.2) is 0 Å². The fourth-order valence-electron chi connectivity index (χ4n) is 11.8. The highest BCUT2D eigenvalue weighted by atomic mass is 16.7. The van der Waals surface area contributed by atoms with Crippen molar-refractivity contribution in [2.45, 2.75) is 155 Å². The first-order valence-corrected chi connectivity index (χ1v) is 19.6. The number of carbonyl (C=O) groups is 1. The topological polar surface area (TPSA) is 185 Å². The summed E-state index contributed by atoms with van der Waals surface area (Å²) in [6.45, 7) is 15.3. The van der Waals surface area contributed by atoms with Gasteiger partial charge in [-0.15, -0.1) is 0 Å². The Kier molecular flexibility index (Phi) is 11.8. The van der Waals surface area contributed by atoms with Gasteiger partial charge in [-0.2, -0.15) is 0 Å². The van der Waals surface area contributed by atoms with Crippen LogP contribution in [0.2, 0.25) is 0 Å². The van der Waals surface area contributed by atoms with E-state index in [0.29, 0.717) is 18.9 Å². The molecule has 0 aromatic carbocycles. The van der Waals surface area contributed by atoms with Crippen molar-refractivity contribution in [1.82, 2.24) is 0 Å². The number of fused-ring (bicyclic) bond motifs is 4. The number of aliphatic hydroxyl groups is 6. The van der Waals surface area contributed by atoms with E-state index in [2.05, 4.69) is 72.8 Å². The highest BCUT2D eigenvalue weighted by molar-refractivity contribution is 5.73. The lowest BCUT2D eigenvalue weighted by molar-refractivity contribution is -0.357. The largest absolute Gasteiger partial charge is 0.465 e. The van der Waals surface area contributed by atoms with Crippen LogP contribution in [-0.4, -0.2) is 118 Å². The third kappa shape index (κ3) is 7.13. The lowest BCUT2D eigenvalue weighted by atomic mass is 9.35. The van der Waals surface area contributed by atoms with Crippen LogP contribution in [0, 0.1) is 39.4 Å². The number of aliphatic hydroxyl groups excluding tert-OH is 6. The second-order valence-corrected chi connectivity index (χ2v) is 18.3. The molecule has 6 fully saturated rings. The number of esters is 1. The molecule has 0 amide bonds. The second kappa shape index (κ2) is 15.3. The van der Waals surface area contributed by atoms with E-state index in [4.69, 9.17) is 23.7 Å². The van der Waals surface area contributed by atoms with Crippen LogP contribution in [0.1, 0.15) is 93.4 Å². The summed E-state index contributed by atoms with van der Waals surface area (Å²) in [6, 6.07) is 0. The van der Waals surface area contributed by atoms with Gasteiger partial charge in [0.05, 0.1) is 32.3 Å². The molecule has 16 atom stereocenters. The Hall–Kier alpha value is -1.71. The van der Waals surface area contributed by atoms with Crippen molar-refractivity contribution >= 4 is 5.97 Å². The quantitative estimate of drug-likeness (QED) is 0.121. The maximum atomic E-state index is 13.0. The van der Waals surface area contributed by atoms with Crippen molar-refractivity contribution in [1.29, 1.82) is 0 Å². The smallest absolute Gasteiger partial charge is 0.306 e. The van der Waals surface area contributed by atoms with E-state index in [1.165, 1.54) is 11.1 Å². The molecule has 1 spiro atoms. The number of rotatable bonds is 8. The lowest BCUT2D eigenvalue weighted by Gasteiger charge is -2.69. The van der Waals surface area contributed by atoms with E-state index in [1.54, 1.807) is 0 Å². The first kappa shape index (κ1) is 40.9. The molecule has 16 unspecified atom stereocenters. The molecule has 300 valence electrons. The van der Waals surface area contributed by atoms with E-state index in [9.17, 15) is 35.4 Å². The summed E-state index contributed by atoms with van der Waals surface area (Å²) in [5.41, 5.74) is 1.71. The molecule has 0 radical (unpaired) electrons. The maximum Gasteiger partial charge on any atom is 0.306 e. The van der Waals surface area contributed by atoms with Crippen LogP contribution in [-0.2, 0) is 28.5 Å². The molecule has 0 aromatic rings. The second-order valence-electron chi connectivity index (χ2n) is 18.3. The Bertz CT molecular complexity index is 1420. The highest BCUT2D eigenvalue weighted by Gasteiger charge is 2.70. The normalized spacial score (nSPS) is 48.7. The average Bonchev–Trinajstić information content (AvgIpc) is 3.49. The predicted octanol–water partition coefficient (Wildman–Crippen LogP) is 3.31. The van der Waals surface area contributed by atoms with Crippen molar-refractivity contribution in [2.24, 2.45) is 39.4 Å². The fourth-order valence-corrected chi connectivity index (χ4v) is 11.8. The molecule has 0 aromatic heterocycles. The summed E-state index contributed by atoms with van der Waals surface area (Å²) >= 11 is 0. The van der Waals surface area contributed by atoms with Crippen molar-refractivity contribution in [3.63, 3.8) is 0 Å². The summed E-state index contributed by atoms with van der Waals surface area (Å²) in [7, 11) is 0. The molecule has 3 aliphatic carbocycles. The lowest BCUT2D eigenvalue weighted by Crippen LogP contribution is -2.66. The van der Waals surface area contributed by atoms with E-state index < -0.39 is 61.9 Å². The first-order chi connectivity index (χ1) is 24.9. The van der Waals surface area contributed by atoms with Gasteiger partial charge in [0.2, 0.25) is 0 Å². The third-order valence-corrected chi connectivity index (χ3v) is 14.7. The van der Waals surface area contributed by atoms with Gasteiger partial charge < -0.3 is 54.3 Å². The van der Waals surface area contributed by atoms with Crippen molar-refractivity contribution < 1.29 is 59.1 Å². The SMILES string of the molecule is CC(C)=CC=CC(C)=CC1CCC2C3(C)CCC(OC4OCC(O)C(OC5OC(CO)C(O)C(O)C5O)C4O)C(C)(C)C3CCC2(C)C12COC(=O)C2. The molecule has 12 nitrogen and oxygen atoms in total. The fraction of sp³-hybridized carbons (Fsp3) is 0.829. The zero-order valence-corrected chi connectivity index (χ0v) is 32.5. The van der Waals surface area contributed by atoms with Gasteiger partial charge in [-0.05, 0) is 93.3 Å². The molecule has 3 aliphatic heterocycles. The predicted molar refractivity (Wildman–Crippen MR) is 194 cm³/mol. The monoisotopic (exact) mass is 748 g/mol. The van der Waals surface area contributed by atoms with Crippen LogP contribution < -0.4 is 0 Å². The number of ether oxygens (including phenoxy) is 5. The van der Waals surface area contributed by atoms with Gasteiger partial charge >= 0.3 is 5.97 Å². The summed E-state index contributed by atoms with van der Waals surface area (Å²) in [5, 5.41) is 62.8. The summed E-state index contributed by atoms with van der Waals surface area (Å²) in [5.74, 6) is 0.795. The van der Waals surface area contributed by atoms with Gasteiger partial charge in [0.1, 0.15) is 42.7 Å². The Balaban J connectivity index is 1.19. The molecule has 6 rings (SSSR count). The standard InChI is InChI=1S/C41H64O12/c1-22(2)9-8-10-23(3)17-24-11-12-28-39(6)15-14-29(38(4,5)27(39)13-16-40(28,7)41(24)18-30(44)50-21-41)52-36-34(48)35(25(43)20-49-36)53-37-33(47)32(46)31(45)26(19-42)51-37/h8-10,17,24-29,31-37,42-43,45-48H,11-16,18-21H2,1-7H3. The zero-order valence-electron chi connectivity index (χ0n) is 32.5. The van der Waals surface area contributed by atoms with E-state index in [0.717, 1.165) is 38.5 Å². The molecule has 53 heavy (non-hydrogen) atoms. The van der Waals surface area contributed by atoms with Gasteiger partial charge in [0.25, 0.3) is 0 Å². The van der Waals surface area contributed by atoms with Gasteiger partial charge in [0, 0.05) is 5.41 Å². The Morgan fingerprint density at radius 1 is 0.868 bits per heavy atom. The van der Waals surface area contributed by atoms with E-state index in [-0.39, 0.29) is 52.2 Å². The third-order valence-electron chi connectivity index (χ3n) is 14.7. The number of allylic oxidation sites excluding steroid dienone is 6. The molecule has 12 heteroatoms. The highest BCUT2D eigenvalue weighted by Crippen LogP contribution is 2.74. The van der Waals surface area contributed by atoms with Crippen LogP contribution >= 0.6 is 0 Å². The van der Waals surface area contributed by atoms with Gasteiger partial charge in [-0.3, -0.25) is 4.79 Å². The number of carbonyl (C=O) groups excluding carboxylic acids is 1. The minimum absolute atomic E-state index is 0.0287. The van der Waals surface area contributed by atoms with Crippen LogP contribution in [0.15, 0.2) is 35.5 Å². The number of cyclic esters (lactones) is 1. The number of hydrogen-bond donors (Lipinski definition) is 6. The molecular weight excluding hydrogens is 684 g/mol. The van der Waals surface area contributed by atoms with Gasteiger partial charge in [-0.1, -0.05) is 63.1 Å². The van der Waals surface area contributed by atoms with Crippen molar-refractivity contribution in [3.8, 4) is 0 Å². The van der Waals surface area contributed by atoms with Crippen molar-refractivity contribution in [2.75, 3.05) is 19.8 Å². The Morgan fingerprint density at radius 3 is 2.26 bits per heavy atom. The molecular formula is C41H64O12. The molecule has 6 N–H and O–H groups in total. The Labute approximate surface area is 314 Å². The van der Waals surface area contributed by atoms with Gasteiger partial charge in [0.15, 0.2) is 12.6 Å². The molecule has 3 saturated heterocycles. The summed E-state index contributed by atoms with van der Waals surface area (Å²) in [6.07, 6.45) is 1.67. The molecule has 3 saturated carbocycles. The molecule has 0 bridgehead atoms. The Morgan fingerprint density at radius 2 is 1.60 bits per heavy atom. The van der Waals surface area contributed by atoms with E-state index in [1.807, 2.05) is 0 Å². The zero-order chi connectivity index (χ0) is 38.7. The van der Waals surface area contributed by atoms with Crippen LogP contribution in [0.3, 0.4) is 0 Å². The van der Waals surface area contributed by atoms with Crippen LogP contribution in [0.4, 0.5) is 0 Å². The minimum atomic E-state index is -1.69. The van der Waals surface area contributed by atoms with E-state index >= 15 is 0 Å². The minimum Gasteiger partial charge on any atom is -0.465 e. The molecule has 3 heterocycles. The number of hydrogen-bond acceptors (Lipinski definition) is 12. The summed E-state index contributed by atoms with van der Waals surface area (Å²) < 4.78 is 29.6.